The maximum Gasteiger partial charge on any atom is 0.139 e. The molecular weight excluding hydrogens is 344 g/mol. The van der Waals surface area contributed by atoms with Crippen molar-refractivity contribution in [2.75, 3.05) is 0 Å². The fourth-order valence-electron chi connectivity index (χ4n) is 7.23. The third kappa shape index (κ3) is 2.48. The predicted octanol–water partition coefficient (Wildman–Crippen LogP) is 5.57. The molecule has 1 N–H and O–H groups in total. The minimum Gasteiger partial charge on any atom is -0.393 e. The number of fused-ring (bicyclic) bond motifs is 5. The van der Waals surface area contributed by atoms with Crippen molar-refractivity contribution >= 4 is 6.34 Å². The molecule has 6 atom stereocenters. The minimum absolute atomic E-state index is 0.113. The van der Waals surface area contributed by atoms with Crippen LogP contribution in [0.3, 0.4) is 0 Å². The Morgan fingerprint density at radius 2 is 1.93 bits per heavy atom. The Bertz CT molecular complexity index is 818. The van der Waals surface area contributed by atoms with Crippen LogP contribution in [0, 0.1) is 28.6 Å². The Morgan fingerprint density at radius 1 is 1.11 bits per heavy atom. The number of hydrogen-bond donors (Lipinski definition) is 1. The molecule has 0 bridgehead atoms. The van der Waals surface area contributed by atoms with Crippen LogP contribution in [0.15, 0.2) is 52.5 Å². The highest BCUT2D eigenvalue weighted by molar-refractivity contribution is 5.71. The molecule has 0 radical (unpaired) electrons. The zero-order chi connectivity index (χ0) is 19.5. The number of allylic oxidation sites excluding steroid dienone is 6. The van der Waals surface area contributed by atoms with Crippen molar-refractivity contribution in [1.82, 2.24) is 4.90 Å². The van der Waals surface area contributed by atoms with Crippen LogP contribution in [0.1, 0.15) is 65.7 Å². The monoisotopic (exact) mass is 378 g/mol. The van der Waals surface area contributed by atoms with E-state index in [4.69, 9.17) is 0 Å². The second-order valence-corrected chi connectivity index (χ2v) is 10.1. The van der Waals surface area contributed by atoms with Crippen molar-refractivity contribution < 1.29 is 5.11 Å². The van der Waals surface area contributed by atoms with E-state index in [-0.39, 0.29) is 11.5 Å². The Hall–Kier alpha value is -1.61. The second kappa shape index (κ2) is 6.45. The summed E-state index contributed by atoms with van der Waals surface area (Å²) in [5, 5.41) is 10.2. The molecule has 0 aromatic heterocycles. The van der Waals surface area contributed by atoms with E-state index in [0.717, 1.165) is 36.4 Å². The molecule has 0 saturated heterocycles. The average molecular weight is 379 g/mol. The first kappa shape index (κ1) is 18.4. The van der Waals surface area contributed by atoms with Gasteiger partial charge in [0.15, 0.2) is 0 Å². The summed E-state index contributed by atoms with van der Waals surface area (Å²) in [5.41, 5.74) is 3.63. The van der Waals surface area contributed by atoms with E-state index in [9.17, 15) is 5.11 Å². The van der Waals surface area contributed by atoms with Gasteiger partial charge in [0.25, 0.3) is 0 Å². The van der Waals surface area contributed by atoms with Crippen LogP contribution in [-0.4, -0.2) is 22.4 Å². The molecule has 0 aromatic rings. The van der Waals surface area contributed by atoms with Crippen molar-refractivity contribution in [3.63, 3.8) is 0 Å². The van der Waals surface area contributed by atoms with Crippen LogP contribution < -0.4 is 0 Å². The van der Waals surface area contributed by atoms with Crippen molar-refractivity contribution in [2.24, 2.45) is 33.6 Å². The molecule has 1 heterocycles. The summed E-state index contributed by atoms with van der Waals surface area (Å²) in [5.74, 6) is 3.37. The molecule has 28 heavy (non-hydrogen) atoms. The lowest BCUT2D eigenvalue weighted by molar-refractivity contribution is -0.0332. The van der Waals surface area contributed by atoms with Gasteiger partial charge in [-0.2, -0.15) is 0 Å². The molecule has 5 rings (SSSR count). The topological polar surface area (TPSA) is 35.8 Å². The van der Waals surface area contributed by atoms with Gasteiger partial charge >= 0.3 is 0 Å². The third-order valence-electron chi connectivity index (χ3n) is 8.87. The summed E-state index contributed by atoms with van der Waals surface area (Å²) >= 11 is 0. The van der Waals surface area contributed by atoms with Crippen molar-refractivity contribution in [3.05, 3.63) is 47.5 Å². The molecule has 2 saturated carbocycles. The smallest absolute Gasteiger partial charge is 0.139 e. The van der Waals surface area contributed by atoms with Gasteiger partial charge in [-0.1, -0.05) is 43.7 Å². The zero-order valence-corrected chi connectivity index (χ0v) is 17.6. The van der Waals surface area contributed by atoms with Crippen LogP contribution >= 0.6 is 0 Å². The van der Waals surface area contributed by atoms with Crippen molar-refractivity contribution in [1.29, 1.82) is 0 Å². The fourth-order valence-corrected chi connectivity index (χ4v) is 7.23. The van der Waals surface area contributed by atoms with Gasteiger partial charge in [-0.3, -0.25) is 4.90 Å². The third-order valence-corrected chi connectivity index (χ3v) is 8.87. The molecular formula is C25H34N2O. The number of aliphatic imine (C=N–C) groups is 1. The van der Waals surface area contributed by atoms with Gasteiger partial charge in [0.05, 0.1) is 6.10 Å². The lowest BCUT2D eigenvalue weighted by Gasteiger charge is -2.58. The van der Waals surface area contributed by atoms with Crippen LogP contribution in [0.5, 0.6) is 0 Å². The number of nitrogens with zero attached hydrogens (tertiary/aromatic N) is 2. The summed E-state index contributed by atoms with van der Waals surface area (Å²) in [7, 11) is 0. The number of hydrogen-bond acceptors (Lipinski definition) is 3. The first-order valence-corrected chi connectivity index (χ1v) is 11.2. The summed E-state index contributed by atoms with van der Waals surface area (Å²) < 4.78 is 0. The van der Waals surface area contributed by atoms with Gasteiger partial charge in [0.1, 0.15) is 12.2 Å². The number of rotatable bonds is 2. The summed E-state index contributed by atoms with van der Waals surface area (Å²) in [6.07, 6.45) is 21.2. The Morgan fingerprint density at radius 3 is 2.68 bits per heavy atom. The maximum atomic E-state index is 10.2. The molecule has 0 aromatic carbocycles. The fraction of sp³-hybridized carbons (Fsp3) is 0.640. The predicted molar refractivity (Wildman–Crippen MR) is 114 cm³/mol. The zero-order valence-electron chi connectivity index (χ0n) is 17.6. The Labute approximate surface area is 169 Å². The number of aliphatic hydroxyl groups excluding tert-OH is 1. The highest BCUT2D eigenvalue weighted by Gasteiger charge is 2.57. The van der Waals surface area contributed by atoms with E-state index in [1.54, 1.807) is 5.57 Å². The molecule has 2 fully saturated rings. The summed E-state index contributed by atoms with van der Waals surface area (Å²) in [4.78, 5) is 6.83. The van der Waals surface area contributed by atoms with E-state index < -0.39 is 0 Å². The van der Waals surface area contributed by atoms with Gasteiger partial charge in [-0.25, -0.2) is 4.99 Å². The van der Waals surface area contributed by atoms with Gasteiger partial charge in [0, 0.05) is 11.1 Å². The normalized spacial score (nSPS) is 46.0. The highest BCUT2D eigenvalue weighted by atomic mass is 16.3. The maximum absolute atomic E-state index is 10.2. The average Bonchev–Trinajstić information content (AvgIpc) is 2.99. The van der Waals surface area contributed by atoms with Crippen LogP contribution in [0.25, 0.3) is 0 Å². The number of aliphatic hydroxyl groups is 1. The van der Waals surface area contributed by atoms with Crippen molar-refractivity contribution in [2.45, 2.75) is 71.8 Å². The molecule has 0 spiro atoms. The van der Waals surface area contributed by atoms with Gasteiger partial charge in [-0.05, 0) is 81.1 Å². The standard InChI is InChI=1S/C25H34N2O/c1-4-5-6-23-26-16-27(23)22-10-9-20-19-8-7-17-15-18(28)11-13-24(17,2)21(19)12-14-25(20,22)3/h4-7,10,16,18-21,28H,8-9,11-15H2,1-3H3/b5-4-,23-6-/t18-,19?,20?,21?,24-,25-/m0/s1. The van der Waals surface area contributed by atoms with E-state index in [2.05, 4.69) is 54.1 Å². The van der Waals surface area contributed by atoms with Crippen LogP contribution in [-0.2, 0) is 0 Å². The molecule has 4 aliphatic carbocycles. The molecule has 3 heteroatoms. The molecule has 3 nitrogen and oxygen atoms in total. The van der Waals surface area contributed by atoms with Crippen LogP contribution in [0.2, 0.25) is 0 Å². The van der Waals surface area contributed by atoms with Gasteiger partial charge < -0.3 is 5.11 Å². The van der Waals surface area contributed by atoms with Crippen molar-refractivity contribution in [3.8, 4) is 0 Å². The SMILES string of the molecule is C/C=C\C=C1\N=CN1C1=CCC2C3CC=C4C[C@@H](O)CC[C@]4(C)C3CC[C@]12C. The molecule has 3 unspecified atom stereocenters. The quantitative estimate of drug-likeness (QED) is 0.638. The minimum atomic E-state index is -0.113. The highest BCUT2D eigenvalue weighted by Crippen LogP contribution is 2.65. The van der Waals surface area contributed by atoms with E-state index >= 15 is 0 Å². The largest absolute Gasteiger partial charge is 0.393 e. The van der Waals surface area contributed by atoms with Gasteiger partial charge in [-0.15, -0.1) is 0 Å². The lowest BCUT2D eigenvalue weighted by Crippen LogP contribution is -2.51. The molecule has 1 aliphatic heterocycles. The second-order valence-electron chi connectivity index (χ2n) is 10.1. The first-order valence-electron chi connectivity index (χ1n) is 11.2. The van der Waals surface area contributed by atoms with E-state index in [0.29, 0.717) is 5.41 Å². The van der Waals surface area contributed by atoms with E-state index in [1.807, 2.05) is 13.3 Å². The Balaban J connectivity index is 1.42. The summed E-state index contributed by atoms with van der Waals surface area (Å²) in [6, 6.07) is 0. The first-order chi connectivity index (χ1) is 13.5. The summed E-state index contributed by atoms with van der Waals surface area (Å²) in [6.45, 7) is 7.07. The molecule has 150 valence electrons. The Kier molecular flexibility index (Phi) is 4.24. The van der Waals surface area contributed by atoms with E-state index in [1.165, 1.54) is 37.8 Å². The molecule has 0 amide bonds. The van der Waals surface area contributed by atoms with Gasteiger partial charge in [0.2, 0.25) is 0 Å². The lowest BCUT2D eigenvalue weighted by atomic mass is 9.47. The van der Waals surface area contributed by atoms with Crippen LogP contribution in [0.4, 0.5) is 0 Å². The molecule has 5 aliphatic rings.